The summed E-state index contributed by atoms with van der Waals surface area (Å²) in [6.45, 7) is 0. The lowest BCUT2D eigenvalue weighted by molar-refractivity contribution is 0.258. The summed E-state index contributed by atoms with van der Waals surface area (Å²) in [5.74, 6) is -0.729. The van der Waals surface area contributed by atoms with Crippen LogP contribution in [0.1, 0.15) is 0 Å². The average molecular weight is 396 g/mol. The second-order valence-electron chi connectivity index (χ2n) is 5.11. The van der Waals surface area contributed by atoms with Crippen molar-refractivity contribution >= 4 is 39.8 Å². The number of amides is 2. The number of nitrogens with one attached hydrogen (secondary N) is 1. The number of anilines is 2. The fourth-order valence-electron chi connectivity index (χ4n) is 2.05. The summed E-state index contributed by atoms with van der Waals surface area (Å²) in [6.07, 6.45) is 1.40. The van der Waals surface area contributed by atoms with Gasteiger partial charge in [-0.25, -0.2) is 18.6 Å². The lowest BCUT2D eigenvalue weighted by Gasteiger charge is -2.18. The molecule has 0 atom stereocenters. The number of halogens is 3. The van der Waals surface area contributed by atoms with Gasteiger partial charge < -0.3 is 4.74 Å². The molecule has 3 rings (SSSR count). The number of carbonyl (C=O) groups excluding carboxylic acids is 1. The zero-order chi connectivity index (χ0) is 18.7. The molecule has 0 aliphatic rings. The Morgan fingerprint density at radius 2 is 2.04 bits per heavy atom. The van der Waals surface area contributed by atoms with Crippen LogP contribution in [0, 0.1) is 11.6 Å². The number of benzene rings is 2. The Balaban J connectivity index is 1.68. The fraction of sp³-hybridized carbons (Fsp3) is 0.0588. The minimum atomic E-state index is -0.621. The van der Waals surface area contributed by atoms with Crippen LogP contribution in [0.3, 0.4) is 0 Å². The molecule has 1 heterocycles. The number of aromatic nitrogens is 1. The molecular weight excluding hydrogens is 384 g/mol. The summed E-state index contributed by atoms with van der Waals surface area (Å²) in [6, 6.07) is 9.28. The number of hydrogen-bond donors (Lipinski definition) is 1. The van der Waals surface area contributed by atoms with E-state index in [4.69, 9.17) is 16.3 Å². The number of ether oxygens (including phenoxy) is 1. The van der Waals surface area contributed by atoms with Crippen molar-refractivity contribution in [3.63, 3.8) is 0 Å². The van der Waals surface area contributed by atoms with E-state index < -0.39 is 17.7 Å². The summed E-state index contributed by atoms with van der Waals surface area (Å²) < 4.78 is 32.2. The predicted molar refractivity (Wildman–Crippen MR) is 97.4 cm³/mol. The highest BCUT2D eigenvalue weighted by Gasteiger charge is 2.17. The van der Waals surface area contributed by atoms with Crippen LogP contribution < -0.4 is 15.0 Å². The zero-order valence-electron chi connectivity index (χ0n) is 13.4. The Morgan fingerprint density at radius 1 is 1.27 bits per heavy atom. The summed E-state index contributed by atoms with van der Waals surface area (Å²) in [5.41, 5.74) is 0.219. The number of thiazole rings is 1. The summed E-state index contributed by atoms with van der Waals surface area (Å²) in [4.78, 5) is 17.5. The van der Waals surface area contributed by atoms with Gasteiger partial charge in [-0.3, -0.25) is 10.2 Å². The van der Waals surface area contributed by atoms with Crippen LogP contribution in [-0.2, 0) is 0 Å². The summed E-state index contributed by atoms with van der Waals surface area (Å²) >= 11 is 6.94. The van der Waals surface area contributed by atoms with Gasteiger partial charge in [-0.05, 0) is 24.3 Å². The van der Waals surface area contributed by atoms with Gasteiger partial charge in [0.1, 0.15) is 22.4 Å². The molecule has 0 saturated carbocycles. The van der Waals surface area contributed by atoms with Crippen LogP contribution in [0.4, 0.5) is 24.4 Å². The molecule has 26 heavy (non-hydrogen) atoms. The highest BCUT2D eigenvalue weighted by molar-refractivity contribution is 7.17. The van der Waals surface area contributed by atoms with Gasteiger partial charge >= 0.3 is 6.03 Å². The molecule has 3 aromatic rings. The number of nitrogens with zero attached hydrogens (tertiary/aromatic N) is 2. The van der Waals surface area contributed by atoms with Gasteiger partial charge in [-0.15, -0.1) is 0 Å². The third-order valence-corrected chi connectivity index (χ3v) is 4.47. The molecule has 0 saturated heterocycles. The van der Waals surface area contributed by atoms with Crippen molar-refractivity contribution in [2.75, 3.05) is 17.3 Å². The fourth-order valence-corrected chi connectivity index (χ4v) is 2.98. The van der Waals surface area contributed by atoms with Crippen LogP contribution in [0.5, 0.6) is 10.8 Å². The van der Waals surface area contributed by atoms with Crippen molar-refractivity contribution in [1.29, 1.82) is 0 Å². The van der Waals surface area contributed by atoms with Crippen molar-refractivity contribution in [2.45, 2.75) is 0 Å². The highest BCUT2D eigenvalue weighted by Crippen LogP contribution is 2.32. The van der Waals surface area contributed by atoms with Crippen LogP contribution in [0.25, 0.3) is 0 Å². The topological polar surface area (TPSA) is 54.5 Å². The Kier molecular flexibility index (Phi) is 5.34. The minimum absolute atomic E-state index is 0.153. The number of carbonyl (C=O) groups is 1. The standard InChI is InChI=1S/C17H12ClF2N3O2S/c1-23(13-7-3-6-12(20)15(13)18)17(24)22-16-21-9-14(26-16)25-11-5-2-4-10(19)8-11/h2-9H,1H3,(H,21,22,24). The first-order valence-corrected chi connectivity index (χ1v) is 8.51. The average Bonchev–Trinajstić information content (AvgIpc) is 3.03. The maximum Gasteiger partial charge on any atom is 0.327 e. The smallest absolute Gasteiger partial charge is 0.327 e. The monoisotopic (exact) mass is 395 g/mol. The Labute approximate surface area is 156 Å². The molecule has 0 fully saturated rings. The van der Waals surface area contributed by atoms with Crippen LogP contribution >= 0.6 is 22.9 Å². The molecule has 0 spiro atoms. The Hall–Kier alpha value is -2.71. The molecule has 1 N–H and O–H groups in total. The van der Waals surface area contributed by atoms with Crippen molar-refractivity contribution < 1.29 is 18.3 Å². The molecule has 9 heteroatoms. The van der Waals surface area contributed by atoms with Crippen LogP contribution in [0.15, 0.2) is 48.7 Å². The van der Waals surface area contributed by atoms with E-state index in [1.165, 1.54) is 54.5 Å². The van der Waals surface area contributed by atoms with E-state index in [9.17, 15) is 13.6 Å². The van der Waals surface area contributed by atoms with Gasteiger partial charge in [0.15, 0.2) is 5.13 Å². The van der Waals surface area contributed by atoms with E-state index >= 15 is 0 Å². The second-order valence-corrected chi connectivity index (χ2v) is 6.48. The van der Waals surface area contributed by atoms with Crippen molar-refractivity contribution in [3.8, 4) is 10.8 Å². The molecule has 0 aliphatic carbocycles. The van der Waals surface area contributed by atoms with Gasteiger partial charge in [0.05, 0.1) is 11.9 Å². The first-order chi connectivity index (χ1) is 12.4. The molecule has 134 valence electrons. The van der Waals surface area contributed by atoms with Crippen LogP contribution in [-0.4, -0.2) is 18.1 Å². The van der Waals surface area contributed by atoms with E-state index in [1.54, 1.807) is 6.07 Å². The maximum atomic E-state index is 13.5. The van der Waals surface area contributed by atoms with Crippen molar-refractivity contribution in [2.24, 2.45) is 0 Å². The minimum Gasteiger partial charge on any atom is -0.445 e. The van der Waals surface area contributed by atoms with E-state index in [0.717, 1.165) is 11.3 Å². The Morgan fingerprint density at radius 3 is 2.81 bits per heavy atom. The van der Waals surface area contributed by atoms with E-state index in [-0.39, 0.29) is 15.8 Å². The van der Waals surface area contributed by atoms with Gasteiger partial charge in [0.25, 0.3) is 0 Å². The Bertz CT molecular complexity index is 951. The number of rotatable bonds is 4. The van der Waals surface area contributed by atoms with Crippen molar-refractivity contribution in [1.82, 2.24) is 4.98 Å². The SMILES string of the molecule is CN(C(=O)Nc1ncc(Oc2cccc(F)c2)s1)c1cccc(F)c1Cl. The molecule has 0 radical (unpaired) electrons. The molecule has 2 aromatic carbocycles. The third-order valence-electron chi connectivity index (χ3n) is 3.31. The molecule has 0 bridgehead atoms. The lowest BCUT2D eigenvalue weighted by Crippen LogP contribution is -2.31. The normalized spacial score (nSPS) is 10.5. The van der Waals surface area contributed by atoms with Gasteiger partial charge in [-0.2, -0.15) is 0 Å². The molecule has 2 amide bonds. The van der Waals surface area contributed by atoms with E-state index in [2.05, 4.69) is 10.3 Å². The zero-order valence-corrected chi connectivity index (χ0v) is 14.9. The van der Waals surface area contributed by atoms with Crippen molar-refractivity contribution in [3.05, 3.63) is 65.3 Å². The van der Waals surface area contributed by atoms with Crippen LogP contribution in [0.2, 0.25) is 5.02 Å². The third kappa shape index (κ3) is 4.09. The summed E-state index contributed by atoms with van der Waals surface area (Å²) in [7, 11) is 1.45. The molecule has 0 unspecified atom stereocenters. The number of hydrogen-bond acceptors (Lipinski definition) is 4. The highest BCUT2D eigenvalue weighted by atomic mass is 35.5. The maximum absolute atomic E-state index is 13.5. The first-order valence-electron chi connectivity index (χ1n) is 7.32. The molecular formula is C17H12ClF2N3O2S. The molecule has 0 aliphatic heterocycles. The number of urea groups is 1. The largest absolute Gasteiger partial charge is 0.445 e. The first kappa shape index (κ1) is 18.1. The molecule has 5 nitrogen and oxygen atoms in total. The van der Waals surface area contributed by atoms with Gasteiger partial charge in [-0.1, -0.05) is 35.1 Å². The predicted octanol–water partition coefficient (Wildman–Crippen LogP) is 5.54. The van der Waals surface area contributed by atoms with Gasteiger partial charge in [0, 0.05) is 13.1 Å². The second kappa shape index (κ2) is 7.67. The quantitative estimate of drug-likeness (QED) is 0.631. The summed E-state index contributed by atoms with van der Waals surface area (Å²) in [5, 5.41) is 3.05. The van der Waals surface area contributed by atoms with Gasteiger partial charge in [0.2, 0.25) is 5.06 Å². The van der Waals surface area contributed by atoms with E-state index in [0.29, 0.717) is 10.8 Å². The lowest BCUT2D eigenvalue weighted by atomic mass is 10.3. The molecule has 1 aromatic heterocycles. The van der Waals surface area contributed by atoms with E-state index in [1.807, 2.05) is 0 Å².